The lowest BCUT2D eigenvalue weighted by Crippen LogP contribution is -2.51. The van der Waals surface area contributed by atoms with Crippen molar-refractivity contribution in [3.05, 3.63) is 60.2 Å². The number of urea groups is 1. The van der Waals surface area contributed by atoms with Crippen molar-refractivity contribution in [1.82, 2.24) is 14.7 Å². The van der Waals surface area contributed by atoms with Crippen molar-refractivity contribution in [3.63, 3.8) is 0 Å². The fourth-order valence-electron chi connectivity index (χ4n) is 4.27. The standard InChI is InChI=1S/C25H32N4O3/c1-2-32-23-10-8-22(9-11-23)29-19-18-28(25(29)31)20-24(30)27-16-14-26(15-17-27)13-12-21-6-4-3-5-7-21/h3-11H,2,12-20H2,1H3. The van der Waals surface area contributed by atoms with E-state index in [0.717, 1.165) is 50.6 Å². The summed E-state index contributed by atoms with van der Waals surface area (Å²) in [5.74, 6) is 0.826. The van der Waals surface area contributed by atoms with E-state index in [1.807, 2.05) is 42.2 Å². The Morgan fingerprint density at radius 2 is 1.62 bits per heavy atom. The van der Waals surface area contributed by atoms with Gasteiger partial charge in [0, 0.05) is 51.5 Å². The van der Waals surface area contributed by atoms with Crippen LogP contribution in [-0.4, -0.2) is 85.6 Å². The summed E-state index contributed by atoms with van der Waals surface area (Å²) in [5.41, 5.74) is 2.18. The largest absolute Gasteiger partial charge is 0.494 e. The molecule has 0 bridgehead atoms. The first-order valence-electron chi connectivity index (χ1n) is 11.5. The third kappa shape index (κ3) is 5.40. The fraction of sp³-hybridized carbons (Fsp3) is 0.440. The number of carbonyl (C=O) groups is 2. The molecule has 0 aliphatic carbocycles. The van der Waals surface area contributed by atoms with E-state index in [-0.39, 0.29) is 18.5 Å². The maximum atomic E-state index is 12.8. The summed E-state index contributed by atoms with van der Waals surface area (Å²) < 4.78 is 5.47. The van der Waals surface area contributed by atoms with Gasteiger partial charge in [-0.15, -0.1) is 0 Å². The van der Waals surface area contributed by atoms with E-state index in [1.54, 1.807) is 9.80 Å². The van der Waals surface area contributed by atoms with Crippen molar-refractivity contribution in [2.24, 2.45) is 0 Å². The molecule has 0 radical (unpaired) electrons. The second-order valence-corrected chi connectivity index (χ2v) is 8.24. The van der Waals surface area contributed by atoms with E-state index in [9.17, 15) is 9.59 Å². The van der Waals surface area contributed by atoms with Crippen LogP contribution >= 0.6 is 0 Å². The van der Waals surface area contributed by atoms with E-state index < -0.39 is 0 Å². The minimum Gasteiger partial charge on any atom is -0.494 e. The van der Waals surface area contributed by atoms with E-state index in [1.165, 1.54) is 5.56 Å². The van der Waals surface area contributed by atoms with Gasteiger partial charge in [-0.05, 0) is 43.2 Å². The van der Waals surface area contributed by atoms with Crippen molar-refractivity contribution in [2.75, 3.05) is 63.9 Å². The minimum absolute atomic E-state index is 0.0367. The predicted molar refractivity (Wildman–Crippen MR) is 125 cm³/mol. The number of amides is 3. The minimum atomic E-state index is -0.107. The van der Waals surface area contributed by atoms with Crippen molar-refractivity contribution in [2.45, 2.75) is 13.3 Å². The van der Waals surface area contributed by atoms with Gasteiger partial charge in [0.25, 0.3) is 0 Å². The van der Waals surface area contributed by atoms with Gasteiger partial charge in [-0.2, -0.15) is 0 Å². The van der Waals surface area contributed by atoms with E-state index >= 15 is 0 Å². The van der Waals surface area contributed by atoms with Gasteiger partial charge in [-0.3, -0.25) is 14.6 Å². The lowest BCUT2D eigenvalue weighted by atomic mass is 10.1. The molecule has 3 amide bonds. The molecular formula is C25H32N4O3. The fourth-order valence-corrected chi connectivity index (χ4v) is 4.27. The quantitative estimate of drug-likeness (QED) is 0.639. The third-order valence-corrected chi connectivity index (χ3v) is 6.16. The Morgan fingerprint density at radius 1 is 0.906 bits per heavy atom. The molecule has 2 aliphatic rings. The summed E-state index contributed by atoms with van der Waals surface area (Å²) in [6.45, 7) is 8.06. The van der Waals surface area contributed by atoms with Gasteiger partial charge in [0.15, 0.2) is 0 Å². The number of carbonyl (C=O) groups excluding carboxylic acids is 2. The Balaban J connectivity index is 1.22. The zero-order valence-electron chi connectivity index (χ0n) is 18.8. The molecule has 170 valence electrons. The highest BCUT2D eigenvalue weighted by Crippen LogP contribution is 2.23. The van der Waals surface area contributed by atoms with Gasteiger partial charge in [0.1, 0.15) is 12.3 Å². The Kier molecular flexibility index (Phi) is 7.27. The van der Waals surface area contributed by atoms with Gasteiger partial charge >= 0.3 is 6.03 Å². The lowest BCUT2D eigenvalue weighted by Gasteiger charge is -2.35. The van der Waals surface area contributed by atoms with Crippen LogP contribution in [0.4, 0.5) is 10.5 Å². The van der Waals surface area contributed by atoms with E-state index in [4.69, 9.17) is 4.74 Å². The Hall–Kier alpha value is -3.06. The average Bonchev–Trinajstić information content (AvgIpc) is 3.19. The van der Waals surface area contributed by atoms with Crippen LogP contribution in [0.25, 0.3) is 0 Å². The Bertz CT molecular complexity index is 895. The molecule has 0 aromatic heterocycles. The zero-order chi connectivity index (χ0) is 22.3. The molecule has 4 rings (SSSR count). The van der Waals surface area contributed by atoms with Crippen LogP contribution < -0.4 is 9.64 Å². The van der Waals surface area contributed by atoms with Gasteiger partial charge in [0.2, 0.25) is 5.91 Å². The maximum absolute atomic E-state index is 12.8. The molecular weight excluding hydrogens is 404 g/mol. The molecule has 7 heteroatoms. The summed E-state index contributed by atoms with van der Waals surface area (Å²) in [6.07, 6.45) is 1.03. The number of anilines is 1. The molecule has 7 nitrogen and oxygen atoms in total. The molecule has 32 heavy (non-hydrogen) atoms. The molecule has 0 unspecified atom stereocenters. The molecule has 0 spiro atoms. The second kappa shape index (κ2) is 10.5. The number of rotatable bonds is 8. The first kappa shape index (κ1) is 22.1. The van der Waals surface area contributed by atoms with Crippen molar-refractivity contribution >= 4 is 17.6 Å². The van der Waals surface area contributed by atoms with Crippen molar-refractivity contribution in [3.8, 4) is 5.75 Å². The van der Waals surface area contributed by atoms with Crippen molar-refractivity contribution in [1.29, 1.82) is 0 Å². The van der Waals surface area contributed by atoms with Crippen molar-refractivity contribution < 1.29 is 14.3 Å². The summed E-state index contributed by atoms with van der Waals surface area (Å²) in [4.78, 5) is 33.4. The monoisotopic (exact) mass is 436 g/mol. The zero-order valence-corrected chi connectivity index (χ0v) is 18.8. The highest BCUT2D eigenvalue weighted by molar-refractivity contribution is 5.96. The molecule has 2 saturated heterocycles. The van der Waals surface area contributed by atoms with Crippen LogP contribution in [0, 0.1) is 0 Å². The van der Waals surface area contributed by atoms with E-state index in [0.29, 0.717) is 19.7 Å². The summed E-state index contributed by atoms with van der Waals surface area (Å²) in [5, 5.41) is 0. The molecule has 2 aromatic carbocycles. The van der Waals surface area contributed by atoms with Gasteiger partial charge in [-0.25, -0.2) is 4.79 Å². The lowest BCUT2D eigenvalue weighted by molar-refractivity contribution is -0.133. The number of hydrogen-bond acceptors (Lipinski definition) is 4. The number of benzene rings is 2. The normalized spacial score (nSPS) is 17.2. The highest BCUT2D eigenvalue weighted by Gasteiger charge is 2.32. The molecule has 0 atom stereocenters. The number of piperazine rings is 1. The topological polar surface area (TPSA) is 56.3 Å². The van der Waals surface area contributed by atoms with Crippen LogP contribution in [0.3, 0.4) is 0 Å². The molecule has 0 N–H and O–H groups in total. The first-order chi connectivity index (χ1) is 15.6. The Morgan fingerprint density at radius 3 is 2.31 bits per heavy atom. The number of nitrogens with zero attached hydrogens (tertiary/aromatic N) is 4. The number of ether oxygens (including phenoxy) is 1. The van der Waals surface area contributed by atoms with Crippen LogP contribution in [-0.2, 0) is 11.2 Å². The SMILES string of the molecule is CCOc1ccc(N2CCN(CC(=O)N3CCN(CCc4ccccc4)CC3)C2=O)cc1. The molecule has 2 fully saturated rings. The summed E-state index contributed by atoms with van der Waals surface area (Å²) in [6, 6.07) is 17.9. The average molecular weight is 437 g/mol. The molecule has 2 aliphatic heterocycles. The van der Waals surface area contributed by atoms with Crippen LogP contribution in [0.1, 0.15) is 12.5 Å². The maximum Gasteiger partial charge on any atom is 0.325 e. The van der Waals surface area contributed by atoms with Crippen LogP contribution in [0.15, 0.2) is 54.6 Å². The molecule has 2 aromatic rings. The number of hydrogen-bond donors (Lipinski definition) is 0. The third-order valence-electron chi connectivity index (χ3n) is 6.16. The van der Waals surface area contributed by atoms with Gasteiger partial charge in [0.05, 0.1) is 6.61 Å². The van der Waals surface area contributed by atoms with Crippen LogP contribution in [0.5, 0.6) is 5.75 Å². The smallest absolute Gasteiger partial charge is 0.325 e. The molecule has 0 saturated carbocycles. The van der Waals surface area contributed by atoms with E-state index in [2.05, 4.69) is 29.2 Å². The summed E-state index contributed by atoms with van der Waals surface area (Å²) in [7, 11) is 0. The predicted octanol–water partition coefficient (Wildman–Crippen LogP) is 2.71. The van der Waals surface area contributed by atoms with Gasteiger partial charge in [-0.1, -0.05) is 30.3 Å². The second-order valence-electron chi connectivity index (χ2n) is 8.24. The molecule has 2 heterocycles. The van der Waals surface area contributed by atoms with Gasteiger partial charge < -0.3 is 14.5 Å². The first-order valence-corrected chi connectivity index (χ1v) is 11.5. The highest BCUT2D eigenvalue weighted by atomic mass is 16.5. The van der Waals surface area contributed by atoms with Crippen LogP contribution in [0.2, 0.25) is 0 Å². The summed E-state index contributed by atoms with van der Waals surface area (Å²) >= 11 is 0. The Labute approximate surface area is 190 Å².